The zero-order chi connectivity index (χ0) is 11.5. The molecule has 0 saturated carbocycles. The van der Waals surface area contributed by atoms with Crippen molar-refractivity contribution in [2.75, 3.05) is 11.6 Å². The molecule has 0 spiro atoms. The Labute approximate surface area is 99.3 Å². The maximum atomic E-state index is 11.7. The lowest BCUT2D eigenvalue weighted by Crippen LogP contribution is -2.16. The summed E-state index contributed by atoms with van der Waals surface area (Å²) in [5.41, 5.74) is 0. The summed E-state index contributed by atoms with van der Waals surface area (Å²) in [5.74, 6) is 0.229. The van der Waals surface area contributed by atoms with E-state index in [0.29, 0.717) is 10.9 Å². The van der Waals surface area contributed by atoms with Crippen molar-refractivity contribution in [3.05, 3.63) is 23.4 Å². The fourth-order valence-corrected chi connectivity index (χ4v) is 2.93. The van der Waals surface area contributed by atoms with Crippen molar-refractivity contribution in [2.24, 2.45) is 5.92 Å². The molecule has 0 aliphatic heterocycles. The lowest BCUT2D eigenvalue weighted by Gasteiger charge is -2.07. The predicted octanol–water partition coefficient (Wildman–Crippen LogP) is 2.38. The van der Waals surface area contributed by atoms with Gasteiger partial charge in [0.2, 0.25) is 0 Å². The zero-order valence-corrected chi connectivity index (χ0v) is 10.5. The average molecular weight is 268 g/mol. The lowest BCUT2D eigenvalue weighted by atomic mass is 10.3. The Hall–Kier alpha value is -0.320. The molecule has 0 fully saturated rings. The number of sulfone groups is 1. The highest BCUT2D eigenvalue weighted by Crippen LogP contribution is 2.14. The van der Waals surface area contributed by atoms with Gasteiger partial charge >= 0.3 is 0 Å². The average Bonchev–Trinajstić information content (AvgIpc) is 2.17. The van der Waals surface area contributed by atoms with E-state index in [1.54, 1.807) is 6.92 Å². The van der Waals surface area contributed by atoms with Crippen LogP contribution >= 0.6 is 23.2 Å². The van der Waals surface area contributed by atoms with Gasteiger partial charge in [0.1, 0.15) is 0 Å². The molecule has 0 aromatic carbocycles. The van der Waals surface area contributed by atoms with Crippen LogP contribution in [0.15, 0.2) is 23.4 Å². The summed E-state index contributed by atoms with van der Waals surface area (Å²) in [4.78, 5) is 3.77. The van der Waals surface area contributed by atoms with Gasteiger partial charge in [-0.25, -0.2) is 13.4 Å². The number of aromatic nitrogens is 1. The maximum absolute atomic E-state index is 11.7. The Bertz CT molecular complexity index is 416. The van der Waals surface area contributed by atoms with Gasteiger partial charge in [0.15, 0.2) is 14.9 Å². The van der Waals surface area contributed by atoms with Crippen LogP contribution in [0.1, 0.15) is 6.92 Å². The molecule has 3 nitrogen and oxygen atoms in total. The van der Waals surface area contributed by atoms with Gasteiger partial charge < -0.3 is 0 Å². The molecule has 15 heavy (non-hydrogen) atoms. The molecule has 0 saturated heterocycles. The second-order valence-corrected chi connectivity index (χ2v) is 6.08. The molecule has 0 aliphatic carbocycles. The SMILES string of the molecule is CC(CCl)CS(=O)(=O)c1ccc(Cl)cn1. The van der Waals surface area contributed by atoms with Gasteiger partial charge in [-0.3, -0.25) is 0 Å². The Morgan fingerprint density at radius 3 is 2.60 bits per heavy atom. The largest absolute Gasteiger partial charge is 0.243 e. The fourth-order valence-electron chi connectivity index (χ4n) is 1.05. The molecule has 0 N–H and O–H groups in total. The van der Waals surface area contributed by atoms with Gasteiger partial charge in [0.25, 0.3) is 0 Å². The lowest BCUT2D eigenvalue weighted by molar-refractivity contribution is 0.579. The molecule has 1 rings (SSSR count). The molecular weight excluding hydrogens is 257 g/mol. The van der Waals surface area contributed by atoms with E-state index < -0.39 is 9.84 Å². The van der Waals surface area contributed by atoms with Crippen molar-refractivity contribution < 1.29 is 8.42 Å². The Morgan fingerprint density at radius 1 is 1.47 bits per heavy atom. The summed E-state index contributed by atoms with van der Waals surface area (Å²) in [5, 5.41) is 0.461. The molecule has 1 aromatic heterocycles. The van der Waals surface area contributed by atoms with Crippen LogP contribution in [0.5, 0.6) is 0 Å². The van der Waals surface area contributed by atoms with E-state index in [1.165, 1.54) is 18.3 Å². The zero-order valence-electron chi connectivity index (χ0n) is 8.15. The fraction of sp³-hybridized carbons (Fsp3) is 0.444. The van der Waals surface area contributed by atoms with Crippen molar-refractivity contribution in [3.8, 4) is 0 Å². The number of pyridine rings is 1. The van der Waals surface area contributed by atoms with E-state index in [1.807, 2.05) is 0 Å². The first-order valence-corrected chi connectivity index (χ1v) is 6.92. The molecule has 1 heterocycles. The number of halogens is 2. The van der Waals surface area contributed by atoms with E-state index in [4.69, 9.17) is 23.2 Å². The van der Waals surface area contributed by atoms with E-state index in [2.05, 4.69) is 4.98 Å². The highest BCUT2D eigenvalue weighted by Gasteiger charge is 2.19. The van der Waals surface area contributed by atoms with Crippen LogP contribution in [0, 0.1) is 5.92 Å². The van der Waals surface area contributed by atoms with Crippen LogP contribution in [0.3, 0.4) is 0 Å². The van der Waals surface area contributed by atoms with Crippen molar-refractivity contribution in [1.29, 1.82) is 0 Å². The predicted molar refractivity (Wildman–Crippen MR) is 61.2 cm³/mol. The minimum absolute atomic E-state index is 0.00509. The molecule has 0 bridgehead atoms. The quantitative estimate of drug-likeness (QED) is 0.788. The summed E-state index contributed by atoms with van der Waals surface area (Å²) in [6, 6.07) is 2.91. The minimum atomic E-state index is -3.34. The van der Waals surface area contributed by atoms with Crippen molar-refractivity contribution >= 4 is 33.0 Å². The maximum Gasteiger partial charge on any atom is 0.195 e. The molecule has 84 valence electrons. The monoisotopic (exact) mass is 267 g/mol. The number of hydrogen-bond donors (Lipinski definition) is 0. The van der Waals surface area contributed by atoms with Gasteiger partial charge in [0, 0.05) is 12.1 Å². The third-order valence-electron chi connectivity index (χ3n) is 1.79. The number of hydrogen-bond acceptors (Lipinski definition) is 3. The van der Waals surface area contributed by atoms with Gasteiger partial charge in [-0.2, -0.15) is 0 Å². The third kappa shape index (κ3) is 3.63. The summed E-state index contributed by atoms with van der Waals surface area (Å²) in [6.45, 7) is 1.78. The number of rotatable bonds is 4. The van der Waals surface area contributed by atoms with E-state index >= 15 is 0 Å². The van der Waals surface area contributed by atoms with E-state index in [9.17, 15) is 8.42 Å². The highest BCUT2D eigenvalue weighted by molar-refractivity contribution is 7.91. The summed E-state index contributed by atoms with van der Waals surface area (Å²) < 4.78 is 23.5. The normalized spacial score (nSPS) is 13.8. The van der Waals surface area contributed by atoms with E-state index in [-0.39, 0.29) is 16.7 Å². The van der Waals surface area contributed by atoms with Crippen LogP contribution in [-0.2, 0) is 9.84 Å². The Kier molecular flexibility index (Phi) is 4.37. The molecule has 1 unspecified atom stereocenters. The second kappa shape index (κ2) is 5.14. The molecular formula is C9H11Cl2NO2S. The van der Waals surface area contributed by atoms with Crippen LogP contribution in [0.2, 0.25) is 5.02 Å². The van der Waals surface area contributed by atoms with Gasteiger partial charge in [-0.05, 0) is 18.1 Å². The van der Waals surface area contributed by atoms with Crippen molar-refractivity contribution in [2.45, 2.75) is 11.9 Å². The molecule has 0 aliphatic rings. The summed E-state index contributed by atoms with van der Waals surface area (Å²) >= 11 is 11.2. The van der Waals surface area contributed by atoms with Crippen LogP contribution < -0.4 is 0 Å². The Balaban J connectivity index is 2.91. The third-order valence-corrected chi connectivity index (χ3v) is 4.42. The summed E-state index contributed by atoms with van der Waals surface area (Å²) in [7, 11) is -3.34. The highest BCUT2D eigenvalue weighted by atomic mass is 35.5. The first-order chi connectivity index (χ1) is 6.95. The molecule has 0 radical (unpaired) electrons. The first-order valence-electron chi connectivity index (χ1n) is 4.36. The molecule has 1 atom stereocenters. The molecule has 1 aromatic rings. The standard InChI is InChI=1S/C9H11Cl2NO2S/c1-7(4-10)6-15(13,14)9-3-2-8(11)5-12-9/h2-3,5,7H,4,6H2,1H3. The van der Waals surface area contributed by atoms with E-state index in [0.717, 1.165) is 0 Å². The topological polar surface area (TPSA) is 47.0 Å². The smallest absolute Gasteiger partial charge is 0.195 e. The van der Waals surface area contributed by atoms with Gasteiger partial charge in [-0.1, -0.05) is 18.5 Å². The minimum Gasteiger partial charge on any atom is -0.243 e. The molecule has 0 amide bonds. The van der Waals surface area contributed by atoms with Crippen molar-refractivity contribution in [1.82, 2.24) is 4.98 Å². The van der Waals surface area contributed by atoms with Crippen molar-refractivity contribution in [3.63, 3.8) is 0 Å². The van der Waals surface area contributed by atoms with Crippen LogP contribution in [0.25, 0.3) is 0 Å². The van der Waals surface area contributed by atoms with Gasteiger partial charge in [-0.15, -0.1) is 11.6 Å². The van der Waals surface area contributed by atoms with Gasteiger partial charge in [0.05, 0.1) is 10.8 Å². The molecule has 6 heteroatoms. The van der Waals surface area contributed by atoms with Crippen LogP contribution in [0.4, 0.5) is 0 Å². The summed E-state index contributed by atoms with van der Waals surface area (Å²) in [6.07, 6.45) is 1.32. The Morgan fingerprint density at radius 2 is 2.13 bits per heavy atom. The first kappa shape index (κ1) is 12.7. The van der Waals surface area contributed by atoms with Crippen LogP contribution in [-0.4, -0.2) is 25.0 Å². The number of alkyl halides is 1. The second-order valence-electron chi connectivity index (χ2n) is 3.36. The number of nitrogens with zero attached hydrogens (tertiary/aromatic N) is 1.